The molecule has 0 bridgehead atoms. The molecule has 5 nitrogen and oxygen atoms in total. The summed E-state index contributed by atoms with van der Waals surface area (Å²) in [6, 6.07) is 5.09. The smallest absolute Gasteiger partial charge is 0.234 e. The third-order valence-electron chi connectivity index (χ3n) is 5.00. The monoisotopic (exact) mass is 454 g/mol. The fourth-order valence-corrected chi connectivity index (χ4v) is 3.08. The molecule has 1 rings (SSSR count). The number of carbonyl (C=O) groups is 1. The molecule has 0 aliphatic heterocycles. The molecule has 33 heavy (non-hydrogen) atoms. The Morgan fingerprint density at radius 3 is 2.12 bits per heavy atom. The molecule has 0 unspecified atom stereocenters. The van der Waals surface area contributed by atoms with Crippen LogP contribution in [0.2, 0.25) is 0 Å². The van der Waals surface area contributed by atoms with Gasteiger partial charge >= 0.3 is 0 Å². The number of phenolic OH excluding ortho intramolecular Hbond substituents is 1. The minimum atomic E-state index is -0.0309. The molecule has 0 aliphatic carbocycles. The summed E-state index contributed by atoms with van der Waals surface area (Å²) in [6.45, 7) is 2.69. The van der Waals surface area contributed by atoms with Gasteiger partial charge in [-0.05, 0) is 62.6 Å². The second-order valence-electron chi connectivity index (χ2n) is 7.89. The van der Waals surface area contributed by atoms with E-state index in [1.54, 1.807) is 18.2 Å². The zero-order valence-corrected chi connectivity index (χ0v) is 20.4. The molecule has 0 saturated carbocycles. The molecule has 0 aromatic heterocycles. The average Bonchev–Trinajstić information content (AvgIpc) is 2.82. The van der Waals surface area contributed by atoms with Crippen LogP contribution in [0.5, 0.6) is 11.5 Å². The summed E-state index contributed by atoms with van der Waals surface area (Å²) in [4.78, 5) is 11.9. The highest BCUT2D eigenvalue weighted by molar-refractivity contribution is 5.75. The SMILES string of the molecule is CCCCCC=CCC=CCC=CCC=CCCCC(=O)NNCc1ccc(O)c(OC)c1. The second-order valence-corrected chi connectivity index (χ2v) is 7.89. The molecular weight excluding hydrogens is 412 g/mol. The Kier molecular flexibility index (Phi) is 17.0. The summed E-state index contributed by atoms with van der Waals surface area (Å²) in [5.74, 6) is 0.485. The number of ether oxygens (including phenoxy) is 1. The number of hydrogen-bond acceptors (Lipinski definition) is 4. The highest BCUT2D eigenvalue weighted by Gasteiger charge is 2.03. The van der Waals surface area contributed by atoms with E-state index in [2.05, 4.69) is 66.4 Å². The largest absolute Gasteiger partial charge is 0.504 e. The molecule has 0 heterocycles. The standard InChI is InChI=1S/C28H42N2O3/c1-3-4-5-6-7-8-9-10-11-12-13-14-15-16-17-18-19-20-28(32)30-29-24-25-21-22-26(31)27(23-25)33-2/h7-8,10-11,13-14,16-17,21-23,29,31H,3-6,9,12,15,18-20,24H2,1-2H3,(H,30,32). The van der Waals surface area contributed by atoms with Crippen molar-refractivity contribution in [3.63, 3.8) is 0 Å². The van der Waals surface area contributed by atoms with E-state index < -0.39 is 0 Å². The summed E-state index contributed by atoms with van der Waals surface area (Å²) in [5, 5.41) is 9.59. The van der Waals surface area contributed by atoms with Gasteiger partial charge in [0.15, 0.2) is 11.5 Å². The molecule has 1 aromatic carbocycles. The molecule has 0 fully saturated rings. The number of unbranched alkanes of at least 4 members (excludes halogenated alkanes) is 4. The van der Waals surface area contributed by atoms with Crippen LogP contribution in [0.3, 0.4) is 0 Å². The molecule has 3 N–H and O–H groups in total. The van der Waals surface area contributed by atoms with E-state index in [1.165, 1.54) is 32.8 Å². The lowest BCUT2D eigenvalue weighted by molar-refractivity contribution is -0.122. The van der Waals surface area contributed by atoms with Crippen LogP contribution in [0, 0.1) is 0 Å². The summed E-state index contributed by atoms with van der Waals surface area (Å²) >= 11 is 0. The van der Waals surface area contributed by atoms with E-state index in [9.17, 15) is 9.90 Å². The maximum atomic E-state index is 11.9. The Labute approximate surface area is 200 Å². The van der Waals surface area contributed by atoms with Crippen molar-refractivity contribution in [2.24, 2.45) is 0 Å². The fourth-order valence-electron chi connectivity index (χ4n) is 3.08. The van der Waals surface area contributed by atoms with Crippen LogP contribution in [0.1, 0.15) is 76.7 Å². The Morgan fingerprint density at radius 1 is 0.909 bits per heavy atom. The predicted octanol–water partition coefficient (Wildman–Crippen LogP) is 6.67. The Hall–Kier alpha value is -2.79. The van der Waals surface area contributed by atoms with Gasteiger partial charge in [-0.3, -0.25) is 10.2 Å². The molecule has 0 saturated heterocycles. The number of benzene rings is 1. The predicted molar refractivity (Wildman–Crippen MR) is 138 cm³/mol. The first-order valence-electron chi connectivity index (χ1n) is 12.1. The van der Waals surface area contributed by atoms with Crippen LogP contribution in [0.15, 0.2) is 66.8 Å². The maximum Gasteiger partial charge on any atom is 0.234 e. The van der Waals surface area contributed by atoms with Gasteiger partial charge in [0.2, 0.25) is 5.91 Å². The van der Waals surface area contributed by atoms with E-state index in [4.69, 9.17) is 4.74 Å². The number of carbonyl (C=O) groups excluding carboxylic acids is 1. The normalized spacial score (nSPS) is 11.9. The molecule has 1 amide bonds. The van der Waals surface area contributed by atoms with Gasteiger partial charge in [0, 0.05) is 13.0 Å². The maximum absolute atomic E-state index is 11.9. The van der Waals surface area contributed by atoms with Crippen molar-refractivity contribution in [3.05, 3.63) is 72.4 Å². The van der Waals surface area contributed by atoms with Crippen LogP contribution in [-0.2, 0) is 11.3 Å². The first-order valence-corrected chi connectivity index (χ1v) is 12.1. The minimum absolute atomic E-state index is 0.0309. The number of nitrogens with one attached hydrogen (secondary N) is 2. The van der Waals surface area contributed by atoms with Crippen molar-refractivity contribution in [1.29, 1.82) is 0 Å². The number of allylic oxidation sites excluding steroid dienone is 8. The van der Waals surface area contributed by atoms with Crippen LogP contribution in [0.4, 0.5) is 0 Å². The quantitative estimate of drug-likeness (QED) is 0.132. The summed E-state index contributed by atoms with van der Waals surface area (Å²) in [5.41, 5.74) is 6.51. The zero-order valence-electron chi connectivity index (χ0n) is 20.4. The topological polar surface area (TPSA) is 70.6 Å². The first-order chi connectivity index (χ1) is 16.2. The minimum Gasteiger partial charge on any atom is -0.504 e. The highest BCUT2D eigenvalue weighted by atomic mass is 16.5. The van der Waals surface area contributed by atoms with Gasteiger partial charge in [0.25, 0.3) is 0 Å². The lowest BCUT2D eigenvalue weighted by Gasteiger charge is -2.09. The Bertz CT molecular complexity index is 766. The van der Waals surface area contributed by atoms with E-state index in [-0.39, 0.29) is 11.7 Å². The second kappa shape index (κ2) is 19.9. The molecule has 0 aliphatic rings. The first kappa shape index (κ1) is 28.2. The molecule has 0 atom stereocenters. The number of hydrazine groups is 1. The number of rotatable bonds is 18. The Balaban J connectivity index is 2.00. The van der Waals surface area contributed by atoms with Crippen molar-refractivity contribution >= 4 is 5.91 Å². The van der Waals surface area contributed by atoms with E-state index in [1.807, 2.05) is 0 Å². The summed E-state index contributed by atoms with van der Waals surface area (Å²) in [6.07, 6.45) is 27.8. The van der Waals surface area contributed by atoms with Gasteiger partial charge in [0.05, 0.1) is 7.11 Å². The lowest BCUT2D eigenvalue weighted by Crippen LogP contribution is -2.36. The van der Waals surface area contributed by atoms with Crippen molar-refractivity contribution in [3.8, 4) is 11.5 Å². The fraction of sp³-hybridized carbons (Fsp3) is 0.464. The molecule has 182 valence electrons. The van der Waals surface area contributed by atoms with Gasteiger partial charge in [-0.1, -0.05) is 74.4 Å². The Morgan fingerprint density at radius 2 is 1.52 bits per heavy atom. The van der Waals surface area contributed by atoms with Crippen molar-refractivity contribution in [2.75, 3.05) is 7.11 Å². The third-order valence-corrected chi connectivity index (χ3v) is 5.00. The van der Waals surface area contributed by atoms with Crippen molar-refractivity contribution < 1.29 is 14.6 Å². The highest BCUT2D eigenvalue weighted by Crippen LogP contribution is 2.25. The van der Waals surface area contributed by atoms with E-state index in [0.717, 1.165) is 37.7 Å². The number of aromatic hydroxyl groups is 1. The molecule has 1 aromatic rings. The van der Waals surface area contributed by atoms with Crippen LogP contribution >= 0.6 is 0 Å². The van der Waals surface area contributed by atoms with Crippen LogP contribution in [0.25, 0.3) is 0 Å². The van der Waals surface area contributed by atoms with Gasteiger partial charge < -0.3 is 9.84 Å². The molecule has 5 heteroatoms. The molecule has 0 spiro atoms. The third kappa shape index (κ3) is 15.6. The average molecular weight is 455 g/mol. The lowest BCUT2D eigenvalue weighted by atomic mass is 10.2. The molecular formula is C28H42N2O3. The summed E-state index contributed by atoms with van der Waals surface area (Å²) in [7, 11) is 1.51. The van der Waals surface area contributed by atoms with E-state index >= 15 is 0 Å². The van der Waals surface area contributed by atoms with Gasteiger partial charge in [0.1, 0.15) is 0 Å². The van der Waals surface area contributed by atoms with Gasteiger partial charge in [-0.25, -0.2) is 5.43 Å². The summed E-state index contributed by atoms with van der Waals surface area (Å²) < 4.78 is 5.08. The number of hydrogen-bond donors (Lipinski definition) is 3. The van der Waals surface area contributed by atoms with Crippen LogP contribution < -0.4 is 15.6 Å². The zero-order chi connectivity index (χ0) is 24.0. The van der Waals surface area contributed by atoms with Crippen molar-refractivity contribution in [1.82, 2.24) is 10.9 Å². The van der Waals surface area contributed by atoms with Crippen molar-refractivity contribution in [2.45, 2.75) is 77.7 Å². The number of amides is 1. The van der Waals surface area contributed by atoms with Crippen LogP contribution in [-0.4, -0.2) is 18.1 Å². The van der Waals surface area contributed by atoms with E-state index in [0.29, 0.717) is 18.7 Å². The van der Waals surface area contributed by atoms with Gasteiger partial charge in [-0.15, -0.1) is 0 Å². The number of phenols is 1. The van der Waals surface area contributed by atoms with Gasteiger partial charge in [-0.2, -0.15) is 0 Å². The molecule has 0 radical (unpaired) electrons. The number of methoxy groups -OCH3 is 1.